The maximum absolute atomic E-state index is 12.4. The largest absolute Gasteiger partial charge is 0.293 e. The lowest BCUT2D eigenvalue weighted by atomic mass is 9.76. The van der Waals surface area contributed by atoms with E-state index in [1.54, 1.807) is 0 Å². The predicted molar refractivity (Wildman–Crippen MR) is 66.4 cm³/mol. The molecule has 1 heteroatoms. The van der Waals surface area contributed by atoms with Gasteiger partial charge >= 0.3 is 0 Å². The minimum atomic E-state index is 0.0937. The molecule has 2 rings (SSSR count). The van der Waals surface area contributed by atoms with Crippen molar-refractivity contribution in [2.75, 3.05) is 0 Å². The Bertz CT molecular complexity index is 403. The predicted octanol–water partition coefficient (Wildman–Crippen LogP) is 3.86. The van der Waals surface area contributed by atoms with Crippen molar-refractivity contribution in [2.45, 2.75) is 26.7 Å². The minimum Gasteiger partial charge on any atom is -0.293 e. The summed E-state index contributed by atoms with van der Waals surface area (Å²) in [6.45, 7) is 4.27. The van der Waals surface area contributed by atoms with E-state index in [0.717, 1.165) is 18.4 Å². The molecular weight excluding hydrogens is 196 g/mol. The van der Waals surface area contributed by atoms with Crippen molar-refractivity contribution < 1.29 is 4.79 Å². The van der Waals surface area contributed by atoms with E-state index in [1.165, 1.54) is 5.57 Å². The summed E-state index contributed by atoms with van der Waals surface area (Å²) >= 11 is 0. The van der Waals surface area contributed by atoms with Gasteiger partial charge in [0.25, 0.3) is 0 Å². The van der Waals surface area contributed by atoms with Gasteiger partial charge in [0, 0.05) is 11.5 Å². The molecule has 0 saturated heterocycles. The number of benzene rings is 1. The molecule has 0 saturated carbocycles. The molecule has 0 bridgehead atoms. The van der Waals surface area contributed by atoms with E-state index in [-0.39, 0.29) is 11.7 Å². The topological polar surface area (TPSA) is 17.1 Å². The zero-order valence-electron chi connectivity index (χ0n) is 9.94. The van der Waals surface area contributed by atoms with Gasteiger partial charge in [-0.3, -0.25) is 4.79 Å². The van der Waals surface area contributed by atoms with Gasteiger partial charge in [-0.05, 0) is 25.7 Å². The second-order valence-corrected chi connectivity index (χ2v) is 4.71. The number of hydrogen-bond acceptors (Lipinski definition) is 1. The standard InChI is InChI=1S/C15H18O/c1-11-7-6-8-12(2)14(11)15(16)13-9-4-3-5-10-13/h3-5,7,9-10,12,14H,6,8H2,1-2H3. The van der Waals surface area contributed by atoms with Crippen molar-refractivity contribution in [3.8, 4) is 0 Å². The first-order valence-electron chi connectivity index (χ1n) is 5.96. The molecule has 1 aliphatic carbocycles. The molecule has 0 radical (unpaired) electrons. The third-order valence-electron chi connectivity index (χ3n) is 3.49. The molecule has 0 aliphatic heterocycles. The summed E-state index contributed by atoms with van der Waals surface area (Å²) in [7, 11) is 0. The van der Waals surface area contributed by atoms with Crippen LogP contribution in [0.1, 0.15) is 37.0 Å². The number of carbonyl (C=O) groups excluding carboxylic acids is 1. The smallest absolute Gasteiger partial charge is 0.170 e. The fraction of sp³-hybridized carbons (Fsp3) is 0.400. The second kappa shape index (κ2) is 4.65. The molecule has 1 aromatic carbocycles. The molecule has 16 heavy (non-hydrogen) atoms. The molecular formula is C15H18O. The highest BCUT2D eigenvalue weighted by Crippen LogP contribution is 2.32. The van der Waals surface area contributed by atoms with Crippen LogP contribution in [0.5, 0.6) is 0 Å². The van der Waals surface area contributed by atoms with E-state index in [4.69, 9.17) is 0 Å². The van der Waals surface area contributed by atoms with Gasteiger partial charge in [0.2, 0.25) is 0 Å². The molecule has 1 aliphatic rings. The van der Waals surface area contributed by atoms with Gasteiger partial charge in [-0.15, -0.1) is 0 Å². The lowest BCUT2D eigenvalue weighted by molar-refractivity contribution is 0.0898. The van der Waals surface area contributed by atoms with Gasteiger partial charge < -0.3 is 0 Å². The summed E-state index contributed by atoms with van der Waals surface area (Å²) in [6, 6.07) is 9.64. The lowest BCUT2D eigenvalue weighted by Crippen LogP contribution is -2.25. The first kappa shape index (κ1) is 11.1. The summed E-state index contributed by atoms with van der Waals surface area (Å²) in [5.41, 5.74) is 2.08. The zero-order chi connectivity index (χ0) is 11.5. The van der Waals surface area contributed by atoms with Crippen molar-refractivity contribution in [3.63, 3.8) is 0 Å². The van der Waals surface area contributed by atoms with Crippen molar-refractivity contribution in [2.24, 2.45) is 11.8 Å². The van der Waals surface area contributed by atoms with Gasteiger partial charge in [-0.2, -0.15) is 0 Å². The summed E-state index contributed by atoms with van der Waals surface area (Å²) in [6.07, 6.45) is 4.46. The average molecular weight is 214 g/mol. The Kier molecular flexibility index (Phi) is 3.23. The normalized spacial score (nSPS) is 25.0. The van der Waals surface area contributed by atoms with Crippen LogP contribution in [0.3, 0.4) is 0 Å². The van der Waals surface area contributed by atoms with Crippen molar-refractivity contribution in [3.05, 3.63) is 47.5 Å². The van der Waals surface area contributed by atoms with E-state index in [2.05, 4.69) is 19.9 Å². The average Bonchev–Trinajstić information content (AvgIpc) is 2.30. The number of hydrogen-bond donors (Lipinski definition) is 0. The Morgan fingerprint density at radius 2 is 1.94 bits per heavy atom. The Balaban J connectivity index is 2.28. The van der Waals surface area contributed by atoms with Gasteiger partial charge in [0.05, 0.1) is 0 Å². The van der Waals surface area contributed by atoms with Crippen molar-refractivity contribution in [1.29, 1.82) is 0 Å². The van der Waals surface area contributed by atoms with Crippen LogP contribution in [-0.2, 0) is 0 Å². The van der Waals surface area contributed by atoms with Crippen LogP contribution in [0.4, 0.5) is 0 Å². The molecule has 0 heterocycles. The summed E-state index contributed by atoms with van der Waals surface area (Å²) < 4.78 is 0. The van der Waals surface area contributed by atoms with E-state index in [1.807, 2.05) is 30.3 Å². The number of rotatable bonds is 2. The molecule has 84 valence electrons. The third kappa shape index (κ3) is 2.08. The Hall–Kier alpha value is -1.37. The molecule has 0 N–H and O–H groups in total. The Morgan fingerprint density at radius 1 is 1.25 bits per heavy atom. The molecule has 0 aromatic heterocycles. The van der Waals surface area contributed by atoms with Crippen molar-refractivity contribution in [1.82, 2.24) is 0 Å². The molecule has 0 amide bonds. The van der Waals surface area contributed by atoms with Crippen LogP contribution < -0.4 is 0 Å². The van der Waals surface area contributed by atoms with Crippen molar-refractivity contribution >= 4 is 5.78 Å². The van der Waals surface area contributed by atoms with E-state index < -0.39 is 0 Å². The van der Waals surface area contributed by atoms with E-state index in [0.29, 0.717) is 5.92 Å². The number of carbonyl (C=O) groups is 1. The molecule has 2 unspecified atom stereocenters. The number of Topliss-reactive ketones (excluding diaryl/α,β-unsaturated/α-hetero) is 1. The Morgan fingerprint density at radius 3 is 2.56 bits per heavy atom. The third-order valence-corrected chi connectivity index (χ3v) is 3.49. The SMILES string of the molecule is CC1=CCCC(C)C1C(=O)c1ccccc1. The first-order valence-corrected chi connectivity index (χ1v) is 5.96. The quantitative estimate of drug-likeness (QED) is 0.539. The van der Waals surface area contributed by atoms with Gasteiger partial charge in [-0.25, -0.2) is 0 Å². The highest BCUT2D eigenvalue weighted by Gasteiger charge is 2.29. The molecule has 2 atom stereocenters. The highest BCUT2D eigenvalue weighted by molar-refractivity contribution is 5.99. The fourth-order valence-corrected chi connectivity index (χ4v) is 2.56. The maximum atomic E-state index is 12.4. The van der Waals surface area contributed by atoms with Crippen LogP contribution in [0, 0.1) is 11.8 Å². The summed E-state index contributed by atoms with van der Waals surface area (Å²) in [5.74, 6) is 0.843. The molecule has 0 spiro atoms. The molecule has 1 nitrogen and oxygen atoms in total. The van der Waals surface area contributed by atoms with Crippen LogP contribution >= 0.6 is 0 Å². The lowest BCUT2D eigenvalue weighted by Gasteiger charge is -2.27. The van der Waals surface area contributed by atoms with Gasteiger partial charge in [0.15, 0.2) is 5.78 Å². The fourth-order valence-electron chi connectivity index (χ4n) is 2.56. The van der Waals surface area contributed by atoms with E-state index in [9.17, 15) is 4.79 Å². The number of ketones is 1. The maximum Gasteiger partial charge on any atom is 0.170 e. The van der Waals surface area contributed by atoms with Crippen LogP contribution in [0.15, 0.2) is 42.0 Å². The highest BCUT2D eigenvalue weighted by atomic mass is 16.1. The van der Waals surface area contributed by atoms with Gasteiger partial charge in [0.1, 0.15) is 0 Å². The summed E-state index contributed by atoms with van der Waals surface area (Å²) in [5, 5.41) is 0. The van der Waals surface area contributed by atoms with Crippen LogP contribution in [-0.4, -0.2) is 5.78 Å². The summed E-state index contributed by atoms with van der Waals surface area (Å²) in [4.78, 5) is 12.4. The zero-order valence-corrected chi connectivity index (χ0v) is 9.94. The monoisotopic (exact) mass is 214 g/mol. The van der Waals surface area contributed by atoms with Gasteiger partial charge in [-0.1, -0.05) is 48.9 Å². The number of allylic oxidation sites excluding steroid dienone is 2. The molecule has 0 fully saturated rings. The Labute approximate surface area is 97.2 Å². The van der Waals surface area contributed by atoms with Crippen LogP contribution in [0.2, 0.25) is 0 Å². The van der Waals surface area contributed by atoms with Crippen LogP contribution in [0.25, 0.3) is 0 Å². The molecule has 1 aromatic rings. The second-order valence-electron chi connectivity index (χ2n) is 4.71. The van der Waals surface area contributed by atoms with E-state index >= 15 is 0 Å². The minimum absolute atomic E-state index is 0.0937. The first-order chi connectivity index (χ1) is 7.70.